The zero-order valence-corrected chi connectivity index (χ0v) is 10.9. The van der Waals surface area contributed by atoms with E-state index in [4.69, 9.17) is 11.6 Å². The van der Waals surface area contributed by atoms with Gasteiger partial charge in [0, 0.05) is 17.5 Å². The minimum atomic E-state index is 0.737. The molecule has 17 heavy (non-hydrogen) atoms. The Morgan fingerprint density at radius 2 is 2.12 bits per heavy atom. The SMILES string of the molecule is CCNc1cc(Sc2ccccc2Cl)ncn1. The summed E-state index contributed by atoms with van der Waals surface area (Å²) in [5.74, 6) is 0.831. The van der Waals surface area contributed by atoms with E-state index in [1.54, 1.807) is 6.33 Å². The summed E-state index contributed by atoms with van der Waals surface area (Å²) in [5, 5.41) is 4.77. The number of hydrogen-bond donors (Lipinski definition) is 1. The van der Waals surface area contributed by atoms with Gasteiger partial charge in [0.1, 0.15) is 17.2 Å². The van der Waals surface area contributed by atoms with Gasteiger partial charge in [0.05, 0.1) is 5.02 Å². The molecule has 1 aromatic heterocycles. The summed E-state index contributed by atoms with van der Waals surface area (Å²) in [7, 11) is 0. The highest BCUT2D eigenvalue weighted by Crippen LogP contribution is 2.32. The number of hydrogen-bond acceptors (Lipinski definition) is 4. The quantitative estimate of drug-likeness (QED) is 0.855. The third-order valence-electron chi connectivity index (χ3n) is 2.05. The molecule has 0 saturated carbocycles. The first-order valence-corrected chi connectivity index (χ1v) is 6.47. The summed E-state index contributed by atoms with van der Waals surface area (Å²) in [4.78, 5) is 9.33. The lowest BCUT2D eigenvalue weighted by molar-refractivity contribution is 1.03. The van der Waals surface area contributed by atoms with E-state index in [0.29, 0.717) is 0 Å². The minimum absolute atomic E-state index is 0.737. The molecule has 0 aliphatic rings. The second kappa shape index (κ2) is 5.89. The lowest BCUT2D eigenvalue weighted by atomic mass is 10.4. The van der Waals surface area contributed by atoms with Crippen LogP contribution < -0.4 is 5.32 Å². The zero-order chi connectivity index (χ0) is 12.1. The predicted molar refractivity (Wildman–Crippen MR) is 71.8 cm³/mol. The van der Waals surface area contributed by atoms with Gasteiger partial charge >= 0.3 is 0 Å². The molecule has 88 valence electrons. The summed E-state index contributed by atoms with van der Waals surface area (Å²) in [6.07, 6.45) is 1.55. The average Bonchev–Trinajstić information content (AvgIpc) is 2.33. The number of anilines is 1. The summed E-state index contributed by atoms with van der Waals surface area (Å²) in [5.41, 5.74) is 0. The van der Waals surface area contributed by atoms with E-state index in [1.807, 2.05) is 37.3 Å². The topological polar surface area (TPSA) is 37.8 Å². The van der Waals surface area contributed by atoms with Gasteiger partial charge in [-0.15, -0.1) is 0 Å². The number of benzene rings is 1. The van der Waals surface area contributed by atoms with Crippen molar-refractivity contribution in [2.24, 2.45) is 0 Å². The van der Waals surface area contributed by atoms with Crippen molar-refractivity contribution in [1.82, 2.24) is 9.97 Å². The van der Waals surface area contributed by atoms with Crippen molar-refractivity contribution < 1.29 is 0 Å². The Morgan fingerprint density at radius 3 is 2.88 bits per heavy atom. The van der Waals surface area contributed by atoms with Crippen LogP contribution in [0.1, 0.15) is 6.92 Å². The fourth-order valence-corrected chi connectivity index (χ4v) is 2.37. The van der Waals surface area contributed by atoms with Gasteiger partial charge in [-0.1, -0.05) is 35.5 Å². The van der Waals surface area contributed by atoms with Crippen molar-refractivity contribution in [2.75, 3.05) is 11.9 Å². The Balaban J connectivity index is 2.18. The first kappa shape index (κ1) is 12.2. The number of aromatic nitrogens is 2. The van der Waals surface area contributed by atoms with Gasteiger partial charge in [0.2, 0.25) is 0 Å². The number of nitrogens with zero attached hydrogens (tertiary/aromatic N) is 2. The predicted octanol–water partition coefficient (Wildman–Crippen LogP) is 3.71. The van der Waals surface area contributed by atoms with Gasteiger partial charge in [-0.3, -0.25) is 0 Å². The van der Waals surface area contributed by atoms with E-state index in [-0.39, 0.29) is 0 Å². The van der Waals surface area contributed by atoms with Crippen LogP contribution in [0.15, 0.2) is 46.6 Å². The second-order valence-corrected chi connectivity index (χ2v) is 4.77. The number of halogens is 1. The fourth-order valence-electron chi connectivity index (χ4n) is 1.31. The van der Waals surface area contributed by atoms with Gasteiger partial charge < -0.3 is 5.32 Å². The van der Waals surface area contributed by atoms with Crippen LogP contribution in [-0.4, -0.2) is 16.5 Å². The lowest BCUT2D eigenvalue weighted by Crippen LogP contribution is -1.99. The van der Waals surface area contributed by atoms with Gasteiger partial charge in [-0.25, -0.2) is 9.97 Å². The van der Waals surface area contributed by atoms with Crippen LogP contribution in [-0.2, 0) is 0 Å². The Labute approximate surface area is 110 Å². The van der Waals surface area contributed by atoms with Crippen molar-refractivity contribution in [1.29, 1.82) is 0 Å². The number of nitrogens with one attached hydrogen (secondary N) is 1. The highest BCUT2D eigenvalue weighted by molar-refractivity contribution is 7.99. The maximum atomic E-state index is 6.10. The van der Waals surface area contributed by atoms with Gasteiger partial charge in [0.15, 0.2) is 0 Å². The molecule has 2 aromatic rings. The lowest BCUT2D eigenvalue weighted by Gasteiger charge is -2.05. The van der Waals surface area contributed by atoms with E-state index >= 15 is 0 Å². The molecule has 0 unspecified atom stereocenters. The first-order chi connectivity index (χ1) is 8.29. The van der Waals surface area contributed by atoms with Crippen molar-refractivity contribution in [3.63, 3.8) is 0 Å². The van der Waals surface area contributed by atoms with Gasteiger partial charge in [-0.05, 0) is 19.1 Å². The van der Waals surface area contributed by atoms with E-state index in [9.17, 15) is 0 Å². The van der Waals surface area contributed by atoms with Crippen LogP contribution in [0.2, 0.25) is 5.02 Å². The smallest absolute Gasteiger partial charge is 0.130 e. The van der Waals surface area contributed by atoms with Crippen molar-refractivity contribution in [3.05, 3.63) is 41.7 Å². The molecule has 0 spiro atoms. The highest BCUT2D eigenvalue weighted by atomic mass is 35.5. The zero-order valence-electron chi connectivity index (χ0n) is 9.35. The third-order valence-corrected chi connectivity index (χ3v) is 3.50. The standard InChI is InChI=1S/C12H12ClN3S/c1-2-14-11-7-12(16-8-15-11)17-10-6-4-3-5-9(10)13/h3-8H,2H2,1H3,(H,14,15,16). The molecular weight excluding hydrogens is 254 g/mol. The van der Waals surface area contributed by atoms with Crippen LogP contribution in [0, 0.1) is 0 Å². The molecule has 0 radical (unpaired) electrons. The fraction of sp³-hybridized carbons (Fsp3) is 0.167. The first-order valence-electron chi connectivity index (χ1n) is 5.28. The maximum Gasteiger partial charge on any atom is 0.130 e. The molecule has 1 heterocycles. The third kappa shape index (κ3) is 3.35. The van der Waals surface area contributed by atoms with Crippen LogP contribution >= 0.6 is 23.4 Å². The second-order valence-electron chi connectivity index (χ2n) is 3.30. The van der Waals surface area contributed by atoms with E-state index in [2.05, 4.69) is 15.3 Å². The molecular formula is C12H12ClN3S. The van der Waals surface area contributed by atoms with Crippen molar-refractivity contribution >= 4 is 29.2 Å². The van der Waals surface area contributed by atoms with Gasteiger partial charge in [-0.2, -0.15) is 0 Å². The number of rotatable bonds is 4. The Bertz CT molecular complexity index is 505. The normalized spacial score (nSPS) is 10.2. The maximum absolute atomic E-state index is 6.10. The molecule has 0 saturated heterocycles. The van der Waals surface area contributed by atoms with Crippen LogP contribution in [0.3, 0.4) is 0 Å². The van der Waals surface area contributed by atoms with Crippen LogP contribution in [0.25, 0.3) is 0 Å². The molecule has 2 rings (SSSR count). The monoisotopic (exact) mass is 265 g/mol. The molecule has 3 nitrogen and oxygen atoms in total. The van der Waals surface area contributed by atoms with E-state index in [0.717, 1.165) is 27.3 Å². The molecule has 0 bridgehead atoms. The summed E-state index contributed by atoms with van der Waals surface area (Å²) < 4.78 is 0. The molecule has 1 aromatic carbocycles. The molecule has 0 aliphatic heterocycles. The van der Waals surface area contributed by atoms with Crippen molar-refractivity contribution in [3.8, 4) is 0 Å². The molecule has 5 heteroatoms. The average molecular weight is 266 g/mol. The summed E-state index contributed by atoms with van der Waals surface area (Å²) in [6, 6.07) is 9.63. The highest BCUT2D eigenvalue weighted by Gasteiger charge is 2.04. The van der Waals surface area contributed by atoms with Crippen LogP contribution in [0.4, 0.5) is 5.82 Å². The molecule has 0 atom stereocenters. The van der Waals surface area contributed by atoms with Crippen molar-refractivity contribution in [2.45, 2.75) is 16.8 Å². The van der Waals surface area contributed by atoms with E-state index in [1.165, 1.54) is 11.8 Å². The van der Waals surface area contributed by atoms with Gasteiger partial charge in [0.25, 0.3) is 0 Å². The minimum Gasteiger partial charge on any atom is -0.370 e. The largest absolute Gasteiger partial charge is 0.370 e. The Kier molecular flexibility index (Phi) is 4.23. The molecule has 1 N–H and O–H groups in total. The van der Waals surface area contributed by atoms with E-state index < -0.39 is 0 Å². The molecule has 0 aliphatic carbocycles. The summed E-state index contributed by atoms with van der Waals surface area (Å²) >= 11 is 7.63. The molecule has 0 fully saturated rings. The Hall–Kier alpha value is -1.26. The molecule has 0 amide bonds. The Morgan fingerprint density at radius 1 is 1.29 bits per heavy atom. The summed E-state index contributed by atoms with van der Waals surface area (Å²) in [6.45, 7) is 2.87. The van der Waals surface area contributed by atoms with Crippen LogP contribution in [0.5, 0.6) is 0 Å².